The quantitative estimate of drug-likeness (QED) is 0.747. The van der Waals surface area contributed by atoms with Crippen molar-refractivity contribution in [3.8, 4) is 5.75 Å². The minimum atomic E-state index is 0.606. The van der Waals surface area contributed by atoms with Crippen LogP contribution in [0, 0.1) is 0 Å². The molecule has 0 fully saturated rings. The molecule has 0 aromatic heterocycles. The molecule has 2 aromatic rings. The second-order valence-corrected chi connectivity index (χ2v) is 5.05. The number of hydrogen-bond acceptors (Lipinski definition) is 1. The topological polar surface area (TPSA) is 9.23 Å². The summed E-state index contributed by atoms with van der Waals surface area (Å²) in [5.41, 5.74) is 3.72. The normalized spacial score (nSPS) is 15.3. The molecule has 1 aliphatic rings. The first-order valence-corrected chi connectivity index (χ1v) is 7.21. The van der Waals surface area contributed by atoms with Gasteiger partial charge in [-0.05, 0) is 35.3 Å². The van der Waals surface area contributed by atoms with Gasteiger partial charge in [0, 0.05) is 0 Å². The van der Waals surface area contributed by atoms with Crippen molar-refractivity contribution in [2.75, 3.05) is 0 Å². The maximum Gasteiger partial charge on any atom is 0.119 e. The summed E-state index contributed by atoms with van der Waals surface area (Å²) in [6.07, 6.45) is 11.7. The highest BCUT2D eigenvalue weighted by molar-refractivity contribution is 5.58. The lowest BCUT2D eigenvalue weighted by atomic mass is 10.0. The van der Waals surface area contributed by atoms with E-state index in [-0.39, 0.29) is 0 Å². The Morgan fingerprint density at radius 3 is 2.43 bits per heavy atom. The van der Waals surface area contributed by atoms with Gasteiger partial charge in [-0.3, -0.25) is 0 Å². The Balaban J connectivity index is 1.62. The fraction of sp³-hybridized carbons (Fsp3) is 0.100. The van der Waals surface area contributed by atoms with Gasteiger partial charge >= 0.3 is 0 Å². The lowest BCUT2D eigenvalue weighted by Crippen LogP contribution is -1.94. The molecule has 0 heterocycles. The molecular weight excluding hydrogens is 256 g/mol. The second kappa shape index (κ2) is 6.76. The molecule has 1 heteroatoms. The Morgan fingerprint density at radius 1 is 0.905 bits per heavy atom. The highest BCUT2D eigenvalue weighted by Crippen LogP contribution is 2.18. The van der Waals surface area contributed by atoms with Crippen molar-refractivity contribution in [3.05, 3.63) is 95.6 Å². The molecule has 21 heavy (non-hydrogen) atoms. The molecule has 0 unspecified atom stereocenters. The SMILES string of the molecule is C1=CCC(=Cc2ccc(OCc3ccccc3)cc2)C=C1. The van der Waals surface area contributed by atoms with Crippen molar-refractivity contribution in [1.29, 1.82) is 0 Å². The molecular formula is C20H18O. The van der Waals surface area contributed by atoms with E-state index >= 15 is 0 Å². The van der Waals surface area contributed by atoms with Crippen LogP contribution in [0.25, 0.3) is 6.08 Å². The van der Waals surface area contributed by atoms with Gasteiger partial charge in [0.15, 0.2) is 0 Å². The molecule has 0 spiro atoms. The van der Waals surface area contributed by atoms with Crippen LogP contribution >= 0.6 is 0 Å². The fourth-order valence-corrected chi connectivity index (χ4v) is 2.25. The maximum atomic E-state index is 5.79. The molecule has 104 valence electrons. The summed E-state index contributed by atoms with van der Waals surface area (Å²) in [4.78, 5) is 0. The molecule has 1 aliphatic carbocycles. The number of ether oxygens (including phenoxy) is 1. The zero-order valence-electron chi connectivity index (χ0n) is 11.9. The van der Waals surface area contributed by atoms with Crippen LogP contribution < -0.4 is 4.74 Å². The van der Waals surface area contributed by atoms with Crippen molar-refractivity contribution in [2.45, 2.75) is 13.0 Å². The van der Waals surface area contributed by atoms with E-state index in [1.54, 1.807) is 0 Å². The van der Waals surface area contributed by atoms with Gasteiger partial charge in [0.2, 0.25) is 0 Å². The first-order valence-electron chi connectivity index (χ1n) is 7.21. The number of allylic oxidation sites excluding steroid dienone is 5. The van der Waals surface area contributed by atoms with E-state index in [4.69, 9.17) is 4.74 Å². The van der Waals surface area contributed by atoms with Gasteiger partial charge in [-0.15, -0.1) is 0 Å². The first-order chi connectivity index (χ1) is 10.4. The standard InChI is InChI=1S/C20H18O/c1-3-7-17(8-4-1)15-18-11-13-20(14-12-18)21-16-19-9-5-2-6-10-19/h1-7,9-15H,8,16H2. The Bertz CT molecular complexity index is 661. The van der Waals surface area contributed by atoms with Gasteiger partial charge in [0.25, 0.3) is 0 Å². The molecule has 0 atom stereocenters. The highest BCUT2D eigenvalue weighted by atomic mass is 16.5. The average molecular weight is 274 g/mol. The number of benzene rings is 2. The van der Waals surface area contributed by atoms with Crippen molar-refractivity contribution in [1.82, 2.24) is 0 Å². The van der Waals surface area contributed by atoms with Crippen molar-refractivity contribution in [3.63, 3.8) is 0 Å². The van der Waals surface area contributed by atoms with Crippen molar-refractivity contribution < 1.29 is 4.74 Å². The third kappa shape index (κ3) is 3.96. The molecule has 0 bridgehead atoms. The highest BCUT2D eigenvalue weighted by Gasteiger charge is 1.98. The van der Waals surface area contributed by atoms with Gasteiger partial charge < -0.3 is 4.74 Å². The van der Waals surface area contributed by atoms with E-state index in [2.05, 4.69) is 54.6 Å². The van der Waals surface area contributed by atoms with E-state index < -0.39 is 0 Å². The third-order valence-corrected chi connectivity index (χ3v) is 3.39. The predicted molar refractivity (Wildman–Crippen MR) is 88.1 cm³/mol. The van der Waals surface area contributed by atoms with Gasteiger partial charge in [0.05, 0.1) is 0 Å². The summed E-state index contributed by atoms with van der Waals surface area (Å²) in [6.45, 7) is 0.606. The van der Waals surface area contributed by atoms with Gasteiger partial charge in [-0.2, -0.15) is 0 Å². The van der Waals surface area contributed by atoms with Crippen LogP contribution in [0.2, 0.25) is 0 Å². The molecule has 0 saturated heterocycles. The van der Waals surface area contributed by atoms with Crippen LogP contribution in [0.5, 0.6) is 5.75 Å². The lowest BCUT2D eigenvalue weighted by molar-refractivity contribution is 0.306. The summed E-state index contributed by atoms with van der Waals surface area (Å²) in [6, 6.07) is 18.5. The molecule has 2 aromatic carbocycles. The number of hydrogen-bond donors (Lipinski definition) is 0. The summed E-state index contributed by atoms with van der Waals surface area (Å²) in [5.74, 6) is 0.903. The van der Waals surface area contributed by atoms with Crippen LogP contribution in [0.4, 0.5) is 0 Å². The van der Waals surface area contributed by atoms with Crippen molar-refractivity contribution in [2.24, 2.45) is 0 Å². The molecule has 0 aliphatic heterocycles. The number of rotatable bonds is 4. The van der Waals surface area contributed by atoms with Crippen LogP contribution in [-0.2, 0) is 6.61 Å². The molecule has 0 amide bonds. The van der Waals surface area contributed by atoms with E-state index in [9.17, 15) is 0 Å². The summed E-state index contributed by atoms with van der Waals surface area (Å²) < 4.78 is 5.79. The van der Waals surface area contributed by atoms with E-state index in [0.29, 0.717) is 6.61 Å². The van der Waals surface area contributed by atoms with Crippen LogP contribution in [-0.4, -0.2) is 0 Å². The Kier molecular flexibility index (Phi) is 4.33. The van der Waals surface area contributed by atoms with Gasteiger partial charge in [-0.25, -0.2) is 0 Å². The average Bonchev–Trinajstić information content (AvgIpc) is 2.56. The summed E-state index contributed by atoms with van der Waals surface area (Å²) in [7, 11) is 0. The third-order valence-electron chi connectivity index (χ3n) is 3.39. The van der Waals surface area contributed by atoms with Crippen LogP contribution in [0.1, 0.15) is 17.5 Å². The van der Waals surface area contributed by atoms with E-state index in [1.165, 1.54) is 16.7 Å². The van der Waals surface area contributed by atoms with Crippen LogP contribution in [0.15, 0.2) is 84.5 Å². The molecule has 1 nitrogen and oxygen atoms in total. The zero-order valence-corrected chi connectivity index (χ0v) is 11.9. The Hall–Kier alpha value is -2.54. The van der Waals surface area contributed by atoms with E-state index in [0.717, 1.165) is 12.2 Å². The second-order valence-electron chi connectivity index (χ2n) is 5.05. The van der Waals surface area contributed by atoms with Gasteiger partial charge in [-0.1, -0.05) is 72.8 Å². The first kappa shape index (κ1) is 13.4. The maximum absolute atomic E-state index is 5.79. The molecule has 0 saturated carbocycles. The lowest BCUT2D eigenvalue weighted by Gasteiger charge is -2.07. The van der Waals surface area contributed by atoms with Crippen LogP contribution in [0.3, 0.4) is 0 Å². The largest absolute Gasteiger partial charge is 0.489 e. The van der Waals surface area contributed by atoms with E-state index in [1.807, 2.05) is 30.3 Å². The zero-order chi connectivity index (χ0) is 14.3. The predicted octanol–water partition coefficient (Wildman–Crippen LogP) is 5.17. The Labute approximate surface area is 125 Å². The van der Waals surface area contributed by atoms with Crippen molar-refractivity contribution >= 4 is 6.08 Å². The molecule has 0 radical (unpaired) electrons. The summed E-state index contributed by atoms with van der Waals surface area (Å²) >= 11 is 0. The monoisotopic (exact) mass is 274 g/mol. The molecule has 3 rings (SSSR count). The summed E-state index contributed by atoms with van der Waals surface area (Å²) in [5, 5.41) is 0. The molecule has 0 N–H and O–H groups in total. The smallest absolute Gasteiger partial charge is 0.119 e. The van der Waals surface area contributed by atoms with Gasteiger partial charge in [0.1, 0.15) is 12.4 Å². The minimum Gasteiger partial charge on any atom is -0.489 e. The Morgan fingerprint density at radius 2 is 1.71 bits per heavy atom. The fourth-order valence-electron chi connectivity index (χ4n) is 2.25. The minimum absolute atomic E-state index is 0.606.